The van der Waals surface area contributed by atoms with Crippen LogP contribution in [0.4, 0.5) is 5.69 Å². The lowest BCUT2D eigenvalue weighted by Crippen LogP contribution is -2.30. The van der Waals surface area contributed by atoms with Gasteiger partial charge in [-0.25, -0.2) is 0 Å². The quantitative estimate of drug-likeness (QED) is 0.526. The lowest BCUT2D eigenvalue weighted by molar-refractivity contribution is -0.122. The van der Waals surface area contributed by atoms with Gasteiger partial charge in [-0.3, -0.25) is 14.4 Å². The summed E-state index contributed by atoms with van der Waals surface area (Å²) in [5, 5.41) is 4.44. The summed E-state index contributed by atoms with van der Waals surface area (Å²) in [5.74, 6) is -0.0314. The van der Waals surface area contributed by atoms with Gasteiger partial charge in [0.25, 0.3) is 5.91 Å². The third-order valence-electron chi connectivity index (χ3n) is 4.28. The molecule has 0 saturated carbocycles. The second-order valence-corrected chi connectivity index (χ2v) is 6.20. The van der Waals surface area contributed by atoms with Gasteiger partial charge in [-0.05, 0) is 55.0 Å². The molecule has 1 atom stereocenters. The molecule has 3 aromatic rings. The fraction of sp³-hybridized carbons (Fsp3) is 0.136. The summed E-state index contributed by atoms with van der Waals surface area (Å²) in [6.45, 7) is 3.10. The van der Waals surface area contributed by atoms with Crippen LogP contribution in [-0.4, -0.2) is 24.1 Å². The maximum atomic E-state index is 12.4. The van der Waals surface area contributed by atoms with Gasteiger partial charge in [0, 0.05) is 11.3 Å². The third-order valence-corrected chi connectivity index (χ3v) is 4.28. The van der Waals surface area contributed by atoms with E-state index in [1.807, 2.05) is 30.3 Å². The standard InChI is InChI=1S/C22H19NO4/c1-14(25)16-7-10-18(11-8-16)23-22(26)15(2)27-21-12-9-17-5-3-4-6-19(17)20(21)13-24/h3-13,15H,1-2H3,(H,23,26)/t15-/m0/s1. The first-order chi connectivity index (χ1) is 13.0. The molecule has 0 fully saturated rings. The highest BCUT2D eigenvalue weighted by Gasteiger charge is 2.18. The molecule has 0 aliphatic rings. The molecule has 27 heavy (non-hydrogen) atoms. The Morgan fingerprint density at radius 2 is 1.70 bits per heavy atom. The predicted molar refractivity (Wildman–Crippen MR) is 105 cm³/mol. The molecule has 0 aromatic heterocycles. The number of hydrogen-bond donors (Lipinski definition) is 1. The molecule has 0 bridgehead atoms. The molecule has 0 unspecified atom stereocenters. The maximum Gasteiger partial charge on any atom is 0.265 e. The molecule has 0 aliphatic carbocycles. The smallest absolute Gasteiger partial charge is 0.265 e. The average molecular weight is 361 g/mol. The Labute approximate surface area is 157 Å². The summed E-state index contributed by atoms with van der Waals surface area (Å²) >= 11 is 0. The molecule has 136 valence electrons. The van der Waals surface area contributed by atoms with Gasteiger partial charge in [0.15, 0.2) is 18.2 Å². The minimum Gasteiger partial charge on any atom is -0.480 e. The van der Waals surface area contributed by atoms with Gasteiger partial charge in [0.05, 0.1) is 5.56 Å². The van der Waals surface area contributed by atoms with Crippen molar-refractivity contribution in [1.82, 2.24) is 0 Å². The molecule has 0 radical (unpaired) electrons. The van der Waals surface area contributed by atoms with E-state index in [9.17, 15) is 14.4 Å². The Balaban J connectivity index is 1.75. The molecule has 1 N–H and O–H groups in total. The number of nitrogens with one attached hydrogen (secondary N) is 1. The number of carbonyl (C=O) groups excluding carboxylic acids is 3. The number of carbonyl (C=O) groups is 3. The first-order valence-corrected chi connectivity index (χ1v) is 8.55. The Morgan fingerprint density at radius 1 is 1.00 bits per heavy atom. The van der Waals surface area contributed by atoms with Gasteiger partial charge in [-0.2, -0.15) is 0 Å². The fourth-order valence-corrected chi connectivity index (χ4v) is 2.78. The van der Waals surface area contributed by atoms with Gasteiger partial charge in [-0.1, -0.05) is 30.3 Å². The predicted octanol–water partition coefficient (Wildman–Crippen LogP) is 4.26. The average Bonchev–Trinajstić information content (AvgIpc) is 2.68. The highest BCUT2D eigenvalue weighted by molar-refractivity contribution is 6.01. The van der Waals surface area contributed by atoms with E-state index in [4.69, 9.17) is 4.74 Å². The second kappa shape index (κ2) is 7.83. The summed E-state index contributed by atoms with van der Waals surface area (Å²) in [6.07, 6.45) is -0.0691. The molecule has 5 nitrogen and oxygen atoms in total. The Bertz CT molecular complexity index is 1010. The topological polar surface area (TPSA) is 72.5 Å². The van der Waals surface area contributed by atoms with Crippen LogP contribution in [0.1, 0.15) is 34.6 Å². The Morgan fingerprint density at radius 3 is 2.37 bits per heavy atom. The van der Waals surface area contributed by atoms with Crippen LogP contribution in [0.15, 0.2) is 60.7 Å². The zero-order chi connectivity index (χ0) is 19.4. The number of fused-ring (bicyclic) bond motifs is 1. The molecule has 3 rings (SSSR count). The van der Waals surface area contributed by atoms with E-state index >= 15 is 0 Å². The van der Waals surface area contributed by atoms with Crippen LogP contribution in [0.2, 0.25) is 0 Å². The maximum absolute atomic E-state index is 12.4. The number of aldehydes is 1. The highest BCUT2D eigenvalue weighted by Crippen LogP contribution is 2.27. The lowest BCUT2D eigenvalue weighted by Gasteiger charge is -2.17. The molecule has 0 spiro atoms. The van der Waals surface area contributed by atoms with E-state index < -0.39 is 6.10 Å². The van der Waals surface area contributed by atoms with E-state index in [0.717, 1.165) is 17.1 Å². The Kier molecular flexibility index (Phi) is 5.31. The van der Waals surface area contributed by atoms with Gasteiger partial charge in [0.1, 0.15) is 5.75 Å². The van der Waals surface area contributed by atoms with Gasteiger partial charge < -0.3 is 10.1 Å². The largest absolute Gasteiger partial charge is 0.480 e. The van der Waals surface area contributed by atoms with Crippen LogP contribution in [-0.2, 0) is 4.79 Å². The van der Waals surface area contributed by atoms with Crippen LogP contribution in [0.25, 0.3) is 10.8 Å². The highest BCUT2D eigenvalue weighted by atomic mass is 16.5. The van der Waals surface area contributed by atoms with E-state index in [1.165, 1.54) is 6.92 Å². The number of amides is 1. The lowest BCUT2D eigenvalue weighted by atomic mass is 10.0. The van der Waals surface area contributed by atoms with Crippen LogP contribution in [0.5, 0.6) is 5.75 Å². The zero-order valence-corrected chi connectivity index (χ0v) is 15.1. The molecular formula is C22H19NO4. The first kappa shape index (κ1) is 18.3. The summed E-state index contributed by atoms with van der Waals surface area (Å²) in [7, 11) is 0. The number of ketones is 1. The van der Waals surface area contributed by atoms with Crippen LogP contribution >= 0.6 is 0 Å². The van der Waals surface area contributed by atoms with Crippen LogP contribution in [0, 0.1) is 0 Å². The van der Waals surface area contributed by atoms with Crippen molar-refractivity contribution >= 4 is 34.4 Å². The molecule has 0 heterocycles. The third kappa shape index (κ3) is 4.03. The van der Waals surface area contributed by atoms with Crippen molar-refractivity contribution in [3.63, 3.8) is 0 Å². The van der Waals surface area contributed by atoms with Crippen molar-refractivity contribution in [1.29, 1.82) is 0 Å². The number of hydrogen-bond acceptors (Lipinski definition) is 4. The van der Waals surface area contributed by atoms with E-state index in [-0.39, 0.29) is 11.7 Å². The van der Waals surface area contributed by atoms with E-state index in [2.05, 4.69) is 5.32 Å². The molecular weight excluding hydrogens is 342 g/mol. The molecule has 0 aliphatic heterocycles. The second-order valence-electron chi connectivity index (χ2n) is 6.20. The normalized spacial score (nSPS) is 11.6. The van der Waals surface area contributed by atoms with E-state index in [1.54, 1.807) is 37.3 Å². The first-order valence-electron chi connectivity index (χ1n) is 8.55. The van der Waals surface area contributed by atoms with Crippen molar-refractivity contribution < 1.29 is 19.1 Å². The fourth-order valence-electron chi connectivity index (χ4n) is 2.78. The number of rotatable bonds is 6. The van der Waals surface area contributed by atoms with Gasteiger partial charge in [0.2, 0.25) is 0 Å². The summed E-state index contributed by atoms with van der Waals surface area (Å²) in [4.78, 5) is 35.3. The van der Waals surface area contributed by atoms with Crippen molar-refractivity contribution in [2.75, 3.05) is 5.32 Å². The minimum absolute atomic E-state index is 0.0396. The Hall–Kier alpha value is -3.47. The summed E-state index contributed by atoms with van der Waals surface area (Å²) in [5.41, 5.74) is 1.55. The SMILES string of the molecule is CC(=O)c1ccc(NC(=O)[C@H](C)Oc2ccc3ccccc3c2C=O)cc1. The molecule has 1 amide bonds. The number of benzene rings is 3. The molecule has 5 heteroatoms. The van der Waals surface area contributed by atoms with Gasteiger partial charge >= 0.3 is 0 Å². The minimum atomic E-state index is -0.808. The number of anilines is 1. The van der Waals surface area contributed by atoms with E-state index in [0.29, 0.717) is 22.6 Å². The summed E-state index contributed by atoms with van der Waals surface area (Å²) in [6, 6.07) is 17.7. The number of ether oxygens (including phenoxy) is 1. The monoisotopic (exact) mass is 361 g/mol. The zero-order valence-electron chi connectivity index (χ0n) is 15.1. The molecule has 0 saturated heterocycles. The summed E-state index contributed by atoms with van der Waals surface area (Å²) < 4.78 is 5.74. The van der Waals surface area contributed by atoms with Crippen molar-refractivity contribution in [3.05, 3.63) is 71.8 Å². The van der Waals surface area contributed by atoms with Crippen LogP contribution in [0.3, 0.4) is 0 Å². The number of Topliss-reactive ketones (excluding diaryl/α,β-unsaturated/α-hetero) is 1. The van der Waals surface area contributed by atoms with Crippen molar-refractivity contribution in [3.8, 4) is 5.75 Å². The van der Waals surface area contributed by atoms with Gasteiger partial charge in [-0.15, -0.1) is 0 Å². The molecule has 3 aromatic carbocycles. The van der Waals surface area contributed by atoms with Crippen molar-refractivity contribution in [2.24, 2.45) is 0 Å². The van der Waals surface area contributed by atoms with Crippen molar-refractivity contribution in [2.45, 2.75) is 20.0 Å². The van der Waals surface area contributed by atoms with Crippen LogP contribution < -0.4 is 10.1 Å².